The standard InChI is InChI=1S/C19H26N4O3S2/c1-2-3-7-11-22-15-20-21-19(22)27-13-18(24)23(16-8-5-4-6-9-16)17-10-12-28(25,26)14-17/h4-6,8-9,15,17H,2-3,7,10-14H2,1H3/t17-/m0/s1. The van der Waals surface area contributed by atoms with Gasteiger partial charge in [0.15, 0.2) is 15.0 Å². The highest BCUT2D eigenvalue weighted by molar-refractivity contribution is 7.99. The van der Waals surface area contributed by atoms with Crippen molar-refractivity contribution in [1.82, 2.24) is 14.8 Å². The van der Waals surface area contributed by atoms with Gasteiger partial charge in [0.25, 0.3) is 0 Å². The zero-order valence-electron chi connectivity index (χ0n) is 16.0. The molecular weight excluding hydrogens is 396 g/mol. The molecule has 1 saturated heterocycles. The number of aryl methyl sites for hydroxylation is 1. The van der Waals surface area contributed by atoms with Gasteiger partial charge >= 0.3 is 0 Å². The van der Waals surface area contributed by atoms with Crippen LogP contribution < -0.4 is 4.90 Å². The van der Waals surface area contributed by atoms with Crippen LogP contribution in [0, 0.1) is 0 Å². The van der Waals surface area contributed by atoms with E-state index in [4.69, 9.17) is 0 Å². The lowest BCUT2D eigenvalue weighted by Crippen LogP contribution is -2.42. The maximum atomic E-state index is 13.1. The Hall–Kier alpha value is -1.87. The third-order valence-electron chi connectivity index (χ3n) is 4.78. The van der Waals surface area contributed by atoms with Gasteiger partial charge in [0.2, 0.25) is 5.91 Å². The number of anilines is 1. The van der Waals surface area contributed by atoms with Crippen molar-refractivity contribution in [3.63, 3.8) is 0 Å². The van der Waals surface area contributed by atoms with Gasteiger partial charge < -0.3 is 9.47 Å². The number of hydrogen-bond acceptors (Lipinski definition) is 6. The first-order chi connectivity index (χ1) is 13.5. The summed E-state index contributed by atoms with van der Waals surface area (Å²) in [4.78, 5) is 14.7. The zero-order valence-corrected chi connectivity index (χ0v) is 17.7. The molecule has 1 fully saturated rings. The lowest BCUT2D eigenvalue weighted by atomic mass is 10.2. The van der Waals surface area contributed by atoms with Crippen LogP contribution in [0.15, 0.2) is 41.8 Å². The van der Waals surface area contributed by atoms with E-state index in [1.165, 1.54) is 11.8 Å². The molecule has 0 radical (unpaired) electrons. The minimum absolute atomic E-state index is 0.0193. The average Bonchev–Trinajstić information content (AvgIpc) is 3.27. The van der Waals surface area contributed by atoms with Crippen molar-refractivity contribution in [1.29, 1.82) is 0 Å². The Morgan fingerprint density at radius 1 is 1.29 bits per heavy atom. The van der Waals surface area contributed by atoms with E-state index in [9.17, 15) is 13.2 Å². The number of nitrogens with zero attached hydrogens (tertiary/aromatic N) is 4. The fourth-order valence-corrected chi connectivity index (χ4v) is 5.86. The van der Waals surface area contributed by atoms with Crippen LogP contribution in [0.25, 0.3) is 0 Å². The molecule has 2 aromatic rings. The molecule has 1 aromatic carbocycles. The summed E-state index contributed by atoms with van der Waals surface area (Å²) in [5.41, 5.74) is 0.736. The third kappa shape index (κ3) is 5.35. The number of benzene rings is 1. The molecule has 0 spiro atoms. The quantitative estimate of drug-likeness (QED) is 0.456. The van der Waals surface area contributed by atoms with E-state index in [0.29, 0.717) is 6.42 Å². The minimum Gasteiger partial charge on any atom is -0.309 e. The van der Waals surface area contributed by atoms with Crippen LogP contribution in [0.4, 0.5) is 5.69 Å². The van der Waals surface area contributed by atoms with Crippen LogP contribution in [0.3, 0.4) is 0 Å². The number of carbonyl (C=O) groups excluding carboxylic acids is 1. The van der Waals surface area contributed by atoms with Gasteiger partial charge in [-0.2, -0.15) is 0 Å². The molecule has 1 amide bonds. The van der Waals surface area contributed by atoms with Crippen LogP contribution in [0.1, 0.15) is 32.6 Å². The number of sulfone groups is 1. The van der Waals surface area contributed by atoms with E-state index in [1.54, 1.807) is 11.2 Å². The molecule has 1 aliphatic rings. The number of rotatable bonds is 9. The summed E-state index contributed by atoms with van der Waals surface area (Å²) >= 11 is 1.35. The first-order valence-corrected chi connectivity index (χ1v) is 12.4. The molecule has 0 unspecified atom stereocenters. The number of amides is 1. The molecule has 28 heavy (non-hydrogen) atoms. The number of aromatic nitrogens is 3. The third-order valence-corrected chi connectivity index (χ3v) is 7.50. The van der Waals surface area contributed by atoms with Crippen LogP contribution in [0.5, 0.6) is 0 Å². The van der Waals surface area contributed by atoms with Crippen molar-refractivity contribution in [3.05, 3.63) is 36.7 Å². The number of para-hydroxylation sites is 1. The van der Waals surface area contributed by atoms with Crippen molar-refractivity contribution in [2.75, 3.05) is 22.2 Å². The van der Waals surface area contributed by atoms with Gasteiger partial charge in [0, 0.05) is 12.2 Å². The lowest BCUT2D eigenvalue weighted by Gasteiger charge is -2.28. The van der Waals surface area contributed by atoms with E-state index < -0.39 is 9.84 Å². The molecule has 3 rings (SSSR count). The van der Waals surface area contributed by atoms with Gasteiger partial charge in [-0.3, -0.25) is 4.79 Å². The van der Waals surface area contributed by atoms with E-state index >= 15 is 0 Å². The summed E-state index contributed by atoms with van der Waals surface area (Å²) in [5, 5.41) is 8.81. The predicted molar refractivity (Wildman–Crippen MR) is 111 cm³/mol. The molecule has 9 heteroatoms. The fraction of sp³-hybridized carbons (Fsp3) is 0.526. The summed E-state index contributed by atoms with van der Waals surface area (Å²) in [7, 11) is -3.09. The van der Waals surface area contributed by atoms with Gasteiger partial charge in [0.1, 0.15) is 6.33 Å². The molecule has 0 bridgehead atoms. The van der Waals surface area contributed by atoms with E-state index in [-0.39, 0.29) is 29.2 Å². The Labute approximate surface area is 170 Å². The van der Waals surface area contributed by atoms with Gasteiger partial charge in [-0.1, -0.05) is 49.7 Å². The predicted octanol–water partition coefficient (Wildman–Crippen LogP) is 2.78. The number of unbranched alkanes of at least 4 members (excludes halogenated alkanes) is 2. The van der Waals surface area contributed by atoms with Crippen LogP contribution >= 0.6 is 11.8 Å². The number of carbonyl (C=O) groups is 1. The second kappa shape index (κ2) is 9.56. The SMILES string of the molecule is CCCCCn1cnnc1SCC(=O)N(c1ccccc1)[C@H]1CCS(=O)(=O)C1. The van der Waals surface area contributed by atoms with Gasteiger partial charge in [0.05, 0.1) is 23.3 Å². The van der Waals surface area contributed by atoms with Crippen molar-refractivity contribution in [2.24, 2.45) is 0 Å². The van der Waals surface area contributed by atoms with Crippen LogP contribution in [-0.4, -0.2) is 52.4 Å². The normalized spacial score (nSPS) is 18.2. The van der Waals surface area contributed by atoms with Crippen molar-refractivity contribution in [2.45, 2.75) is 50.4 Å². The second-order valence-corrected chi connectivity index (χ2v) is 10.1. The highest BCUT2D eigenvalue weighted by atomic mass is 32.2. The Kier molecular flexibility index (Phi) is 7.12. The summed E-state index contributed by atoms with van der Waals surface area (Å²) in [6.07, 6.45) is 5.49. The van der Waals surface area contributed by atoms with Gasteiger partial charge in [-0.25, -0.2) is 8.42 Å². The Balaban J connectivity index is 1.70. The molecule has 0 aliphatic carbocycles. The summed E-state index contributed by atoms with van der Waals surface area (Å²) in [6, 6.07) is 8.97. The summed E-state index contributed by atoms with van der Waals surface area (Å²) < 4.78 is 25.9. The molecule has 152 valence electrons. The molecule has 1 aromatic heterocycles. The largest absolute Gasteiger partial charge is 0.309 e. The smallest absolute Gasteiger partial charge is 0.237 e. The van der Waals surface area contributed by atoms with E-state index in [2.05, 4.69) is 17.1 Å². The molecule has 1 aliphatic heterocycles. The summed E-state index contributed by atoms with van der Waals surface area (Å²) in [5.74, 6) is 0.234. The first kappa shape index (κ1) is 20.9. The number of thioether (sulfide) groups is 1. The highest BCUT2D eigenvalue weighted by Crippen LogP contribution is 2.26. The second-order valence-electron chi connectivity index (χ2n) is 6.96. The maximum absolute atomic E-state index is 13.1. The topological polar surface area (TPSA) is 85.2 Å². The Morgan fingerprint density at radius 2 is 2.07 bits per heavy atom. The Bertz CT molecular complexity index is 884. The lowest BCUT2D eigenvalue weighted by molar-refractivity contribution is -0.116. The molecule has 2 heterocycles. The zero-order chi connectivity index (χ0) is 20.0. The molecule has 0 N–H and O–H groups in total. The molecule has 1 atom stereocenters. The molecule has 7 nitrogen and oxygen atoms in total. The van der Waals surface area contributed by atoms with Crippen molar-refractivity contribution in [3.8, 4) is 0 Å². The van der Waals surface area contributed by atoms with Crippen molar-refractivity contribution < 1.29 is 13.2 Å². The molecular formula is C19H26N4O3S2. The first-order valence-electron chi connectivity index (χ1n) is 9.58. The van der Waals surface area contributed by atoms with Crippen LogP contribution in [0.2, 0.25) is 0 Å². The fourth-order valence-electron chi connectivity index (χ4n) is 3.36. The molecule has 0 saturated carbocycles. The van der Waals surface area contributed by atoms with Crippen molar-refractivity contribution >= 4 is 33.2 Å². The van der Waals surface area contributed by atoms with E-state index in [1.807, 2.05) is 34.9 Å². The van der Waals surface area contributed by atoms with E-state index in [0.717, 1.165) is 36.7 Å². The monoisotopic (exact) mass is 422 g/mol. The number of hydrogen-bond donors (Lipinski definition) is 0. The highest BCUT2D eigenvalue weighted by Gasteiger charge is 2.35. The minimum atomic E-state index is -3.09. The average molecular weight is 423 g/mol. The van der Waals surface area contributed by atoms with Crippen LogP contribution in [-0.2, 0) is 21.2 Å². The maximum Gasteiger partial charge on any atom is 0.237 e. The Morgan fingerprint density at radius 3 is 2.75 bits per heavy atom. The van der Waals surface area contributed by atoms with Gasteiger partial charge in [-0.05, 0) is 25.0 Å². The van der Waals surface area contributed by atoms with Gasteiger partial charge in [-0.15, -0.1) is 10.2 Å². The summed E-state index contributed by atoms with van der Waals surface area (Å²) in [6.45, 7) is 2.99.